The molecule has 0 radical (unpaired) electrons. The highest BCUT2D eigenvalue weighted by atomic mass is 16.2. The molecule has 6 nitrogen and oxygen atoms in total. The van der Waals surface area contributed by atoms with Gasteiger partial charge in [0, 0.05) is 11.8 Å². The van der Waals surface area contributed by atoms with Gasteiger partial charge in [-0.1, -0.05) is 12.1 Å². The van der Waals surface area contributed by atoms with Crippen molar-refractivity contribution in [3.05, 3.63) is 59.4 Å². The van der Waals surface area contributed by atoms with Gasteiger partial charge in [0.05, 0.1) is 12.1 Å². The van der Waals surface area contributed by atoms with Crippen molar-refractivity contribution in [1.82, 2.24) is 5.32 Å². The van der Waals surface area contributed by atoms with Gasteiger partial charge >= 0.3 is 0 Å². The molecule has 2 rings (SSSR count). The van der Waals surface area contributed by atoms with Gasteiger partial charge in [0.2, 0.25) is 12.5 Å². The SMILES string of the molecule is CC(=O)c1ccc[n+](CC(=O)NCC(=O)Nc2cccc(C)c2C)c1. The molecule has 130 valence electrons. The minimum absolute atomic E-state index is 0.0396. The molecular formula is C19H22N3O3+. The van der Waals surface area contributed by atoms with Gasteiger partial charge in [-0.25, -0.2) is 0 Å². The van der Waals surface area contributed by atoms with E-state index < -0.39 is 0 Å². The number of anilines is 1. The van der Waals surface area contributed by atoms with Gasteiger partial charge in [0.25, 0.3) is 5.91 Å². The first-order valence-corrected chi connectivity index (χ1v) is 7.99. The standard InChI is InChI=1S/C19H21N3O3/c1-13-6-4-8-17(14(13)2)21-18(24)10-20-19(25)12-22-9-5-7-16(11-22)15(3)23/h4-9,11H,10,12H2,1-3H3,(H-,20,21,24,25)/p+1. The van der Waals surface area contributed by atoms with Crippen molar-refractivity contribution in [2.75, 3.05) is 11.9 Å². The lowest BCUT2D eigenvalue weighted by molar-refractivity contribution is -0.684. The van der Waals surface area contributed by atoms with Crippen LogP contribution in [-0.2, 0) is 16.1 Å². The van der Waals surface area contributed by atoms with Crippen molar-refractivity contribution in [3.8, 4) is 0 Å². The number of pyridine rings is 1. The molecule has 0 saturated carbocycles. The number of aryl methyl sites for hydroxylation is 1. The molecule has 0 atom stereocenters. The van der Waals surface area contributed by atoms with Crippen LogP contribution in [0.25, 0.3) is 0 Å². The predicted octanol–water partition coefficient (Wildman–Crippen LogP) is 1.55. The first-order valence-electron chi connectivity index (χ1n) is 7.99. The van der Waals surface area contributed by atoms with Crippen LogP contribution in [0.15, 0.2) is 42.7 Å². The highest BCUT2D eigenvalue weighted by molar-refractivity contribution is 5.95. The van der Waals surface area contributed by atoms with Crippen LogP contribution in [0.3, 0.4) is 0 Å². The van der Waals surface area contributed by atoms with Crippen molar-refractivity contribution in [3.63, 3.8) is 0 Å². The zero-order chi connectivity index (χ0) is 18.4. The van der Waals surface area contributed by atoms with E-state index in [2.05, 4.69) is 10.6 Å². The van der Waals surface area contributed by atoms with Crippen LogP contribution in [0.4, 0.5) is 5.69 Å². The number of carbonyl (C=O) groups is 3. The highest BCUT2D eigenvalue weighted by Gasteiger charge is 2.13. The quantitative estimate of drug-likeness (QED) is 0.618. The Morgan fingerprint density at radius 3 is 2.52 bits per heavy atom. The molecule has 0 saturated heterocycles. The Labute approximate surface area is 146 Å². The molecule has 0 unspecified atom stereocenters. The predicted molar refractivity (Wildman–Crippen MR) is 94.2 cm³/mol. The van der Waals surface area contributed by atoms with E-state index in [0.29, 0.717) is 5.56 Å². The van der Waals surface area contributed by atoms with E-state index in [0.717, 1.165) is 16.8 Å². The van der Waals surface area contributed by atoms with Crippen LogP contribution >= 0.6 is 0 Å². The van der Waals surface area contributed by atoms with E-state index in [9.17, 15) is 14.4 Å². The number of aromatic nitrogens is 1. The molecule has 1 aromatic heterocycles. The summed E-state index contributed by atoms with van der Waals surface area (Å²) in [4.78, 5) is 35.3. The van der Waals surface area contributed by atoms with Crippen LogP contribution in [0.2, 0.25) is 0 Å². The molecule has 25 heavy (non-hydrogen) atoms. The topological polar surface area (TPSA) is 79.2 Å². The molecule has 1 heterocycles. The number of nitrogens with one attached hydrogen (secondary N) is 2. The Kier molecular flexibility index (Phi) is 6.00. The van der Waals surface area contributed by atoms with Crippen molar-refractivity contribution >= 4 is 23.3 Å². The van der Waals surface area contributed by atoms with Gasteiger partial charge in [-0.05, 0) is 44.0 Å². The number of benzene rings is 1. The fourth-order valence-electron chi connectivity index (χ4n) is 2.31. The second-order valence-electron chi connectivity index (χ2n) is 5.89. The molecule has 0 aliphatic rings. The number of nitrogens with zero attached hydrogens (tertiary/aromatic N) is 1. The molecule has 2 aromatic rings. The Balaban J connectivity index is 1.87. The van der Waals surface area contributed by atoms with Crippen LogP contribution < -0.4 is 15.2 Å². The zero-order valence-electron chi connectivity index (χ0n) is 14.6. The van der Waals surface area contributed by atoms with E-state index >= 15 is 0 Å². The van der Waals surface area contributed by atoms with E-state index in [1.807, 2.05) is 32.0 Å². The third-order valence-electron chi connectivity index (χ3n) is 3.92. The second kappa shape index (κ2) is 8.19. The Morgan fingerprint density at radius 1 is 1.04 bits per heavy atom. The fraction of sp³-hybridized carbons (Fsp3) is 0.263. The normalized spacial score (nSPS) is 10.2. The number of Topliss-reactive ketones (excluding diaryl/α,β-unsaturated/α-hetero) is 1. The van der Waals surface area contributed by atoms with Gasteiger partial charge < -0.3 is 10.6 Å². The van der Waals surface area contributed by atoms with Crippen molar-refractivity contribution in [1.29, 1.82) is 0 Å². The van der Waals surface area contributed by atoms with E-state index in [4.69, 9.17) is 0 Å². The first kappa shape index (κ1) is 18.3. The van der Waals surface area contributed by atoms with Crippen molar-refractivity contribution in [2.24, 2.45) is 0 Å². The lowest BCUT2D eigenvalue weighted by atomic mass is 10.1. The molecule has 2 N–H and O–H groups in total. The third-order valence-corrected chi connectivity index (χ3v) is 3.92. The number of rotatable bonds is 6. The largest absolute Gasteiger partial charge is 0.342 e. The maximum atomic E-state index is 12.0. The third kappa shape index (κ3) is 5.24. The van der Waals surface area contributed by atoms with Crippen LogP contribution in [0.5, 0.6) is 0 Å². The van der Waals surface area contributed by atoms with Gasteiger partial charge in [0.15, 0.2) is 18.2 Å². The summed E-state index contributed by atoms with van der Waals surface area (Å²) >= 11 is 0. The van der Waals surface area contributed by atoms with Crippen LogP contribution in [0, 0.1) is 13.8 Å². The smallest absolute Gasteiger partial charge is 0.286 e. The lowest BCUT2D eigenvalue weighted by Crippen LogP contribution is -2.44. The van der Waals surface area contributed by atoms with Gasteiger partial charge in [-0.3, -0.25) is 14.4 Å². The second-order valence-corrected chi connectivity index (χ2v) is 5.89. The number of hydrogen-bond donors (Lipinski definition) is 2. The fourth-order valence-corrected chi connectivity index (χ4v) is 2.31. The zero-order valence-corrected chi connectivity index (χ0v) is 14.6. The van der Waals surface area contributed by atoms with Gasteiger partial charge in [-0.15, -0.1) is 0 Å². The summed E-state index contributed by atoms with van der Waals surface area (Å²) in [7, 11) is 0. The van der Waals surface area contributed by atoms with Gasteiger partial charge in [-0.2, -0.15) is 4.57 Å². The first-order chi connectivity index (χ1) is 11.9. The molecular weight excluding hydrogens is 318 g/mol. The van der Waals surface area contributed by atoms with Gasteiger partial charge in [0.1, 0.15) is 0 Å². The Bertz CT molecular complexity index is 815. The average molecular weight is 340 g/mol. The van der Waals surface area contributed by atoms with E-state index in [1.165, 1.54) is 6.92 Å². The Hall–Kier alpha value is -3.02. The average Bonchev–Trinajstić information content (AvgIpc) is 2.57. The molecule has 6 heteroatoms. The summed E-state index contributed by atoms with van der Waals surface area (Å²) in [6.07, 6.45) is 3.31. The van der Waals surface area contributed by atoms with Crippen molar-refractivity contribution in [2.45, 2.75) is 27.3 Å². The maximum absolute atomic E-state index is 12.0. The Morgan fingerprint density at radius 2 is 1.80 bits per heavy atom. The summed E-state index contributed by atoms with van der Waals surface area (Å²) in [5.74, 6) is -0.658. The summed E-state index contributed by atoms with van der Waals surface area (Å²) in [6, 6.07) is 9.06. The molecule has 0 spiro atoms. The highest BCUT2D eigenvalue weighted by Crippen LogP contribution is 2.17. The molecule has 0 fully saturated rings. The molecule has 0 aliphatic carbocycles. The van der Waals surface area contributed by atoms with E-state index in [-0.39, 0.29) is 30.7 Å². The summed E-state index contributed by atoms with van der Waals surface area (Å²) in [5.41, 5.74) is 3.35. The van der Waals surface area contributed by atoms with Crippen LogP contribution in [0.1, 0.15) is 28.4 Å². The minimum atomic E-state index is -0.304. The molecule has 0 aliphatic heterocycles. The monoisotopic (exact) mass is 340 g/mol. The molecule has 0 bridgehead atoms. The van der Waals surface area contributed by atoms with Crippen LogP contribution in [-0.4, -0.2) is 24.1 Å². The number of hydrogen-bond acceptors (Lipinski definition) is 3. The lowest BCUT2D eigenvalue weighted by Gasteiger charge is -2.10. The summed E-state index contributed by atoms with van der Waals surface area (Å²) in [6.45, 7) is 5.30. The van der Waals surface area contributed by atoms with E-state index in [1.54, 1.807) is 29.1 Å². The van der Waals surface area contributed by atoms with Crippen molar-refractivity contribution < 1.29 is 19.0 Å². The molecule has 2 amide bonds. The minimum Gasteiger partial charge on any atom is -0.342 e. The number of amides is 2. The molecule has 1 aromatic carbocycles. The number of carbonyl (C=O) groups excluding carboxylic acids is 3. The maximum Gasteiger partial charge on any atom is 0.286 e. The number of ketones is 1. The summed E-state index contributed by atoms with van der Waals surface area (Å²) in [5, 5.41) is 5.37. The summed E-state index contributed by atoms with van der Waals surface area (Å²) < 4.78 is 1.61.